The number of anilines is 2. The first kappa shape index (κ1) is 22.4. The van der Waals surface area contributed by atoms with E-state index < -0.39 is 28.3 Å². The highest BCUT2D eigenvalue weighted by atomic mass is 32.2. The van der Waals surface area contributed by atoms with Gasteiger partial charge in [0.2, 0.25) is 11.8 Å². The molecule has 0 saturated carbocycles. The highest BCUT2D eigenvalue weighted by Crippen LogP contribution is 2.33. The first-order valence-corrected chi connectivity index (χ1v) is 10.7. The van der Waals surface area contributed by atoms with E-state index in [2.05, 4.69) is 10.6 Å². The van der Waals surface area contributed by atoms with E-state index in [-0.39, 0.29) is 18.1 Å². The van der Waals surface area contributed by atoms with Crippen molar-refractivity contribution in [3.8, 4) is 0 Å². The Kier molecular flexibility index (Phi) is 7.37. The Morgan fingerprint density at radius 1 is 1.10 bits per heavy atom. The second-order valence-electron chi connectivity index (χ2n) is 6.39. The Labute approximate surface area is 188 Å². The van der Waals surface area contributed by atoms with Crippen molar-refractivity contribution in [3.63, 3.8) is 0 Å². The zero-order valence-electron chi connectivity index (χ0n) is 16.5. The van der Waals surface area contributed by atoms with Gasteiger partial charge in [0.1, 0.15) is 5.25 Å². The average Bonchev–Trinajstić information content (AvgIpc) is 3.02. The van der Waals surface area contributed by atoms with E-state index in [0.717, 1.165) is 16.7 Å². The summed E-state index contributed by atoms with van der Waals surface area (Å²) < 4.78 is 4.92. The molecule has 1 aliphatic rings. The minimum atomic E-state index is -0.820. The van der Waals surface area contributed by atoms with Gasteiger partial charge in [0.25, 0.3) is 5.24 Å². The number of rotatable bonds is 6. The lowest BCUT2D eigenvalue weighted by atomic mass is 10.2. The predicted molar refractivity (Wildman–Crippen MR) is 122 cm³/mol. The molecule has 1 fully saturated rings. The smallest absolute Gasteiger partial charge is 0.338 e. The Bertz CT molecular complexity index is 1010. The molecule has 0 bridgehead atoms. The van der Waals surface area contributed by atoms with Crippen LogP contribution in [0.5, 0.6) is 0 Å². The summed E-state index contributed by atoms with van der Waals surface area (Å²) in [6, 6.07) is 14.9. The van der Waals surface area contributed by atoms with E-state index in [1.165, 1.54) is 0 Å². The van der Waals surface area contributed by atoms with Gasteiger partial charge in [-0.1, -0.05) is 18.2 Å². The van der Waals surface area contributed by atoms with Crippen molar-refractivity contribution >= 4 is 63.5 Å². The highest BCUT2D eigenvalue weighted by molar-refractivity contribution is 8.15. The summed E-state index contributed by atoms with van der Waals surface area (Å²) in [4.78, 5) is 49.9. The average molecular weight is 458 g/mol. The van der Waals surface area contributed by atoms with E-state index in [0.29, 0.717) is 16.9 Å². The minimum absolute atomic E-state index is 0.0376. The van der Waals surface area contributed by atoms with E-state index >= 15 is 0 Å². The predicted octanol–water partition coefficient (Wildman–Crippen LogP) is 3.34. The fourth-order valence-corrected chi connectivity index (χ4v) is 4.03. The van der Waals surface area contributed by atoms with E-state index in [4.69, 9.17) is 17.0 Å². The summed E-state index contributed by atoms with van der Waals surface area (Å²) in [5.41, 5.74) is 1.43. The summed E-state index contributed by atoms with van der Waals surface area (Å²) in [7, 11) is 0. The Morgan fingerprint density at radius 2 is 1.77 bits per heavy atom. The SMILES string of the molecule is CCOC(=O)c1ccc(NC(=S)NC(=O)C[C@@H]2SC(=O)N(c3ccccc3)C2=O)cc1. The molecule has 0 spiro atoms. The zero-order valence-corrected chi connectivity index (χ0v) is 18.1. The van der Waals surface area contributed by atoms with Crippen LogP contribution in [0.2, 0.25) is 0 Å². The number of nitrogens with zero attached hydrogens (tertiary/aromatic N) is 1. The number of thioether (sulfide) groups is 1. The Balaban J connectivity index is 1.52. The maximum Gasteiger partial charge on any atom is 0.338 e. The van der Waals surface area contributed by atoms with E-state index in [1.807, 2.05) is 0 Å². The summed E-state index contributed by atoms with van der Waals surface area (Å²) >= 11 is 5.94. The molecule has 1 atom stereocenters. The number of benzene rings is 2. The fourth-order valence-electron chi connectivity index (χ4n) is 2.81. The number of ether oxygens (including phenoxy) is 1. The van der Waals surface area contributed by atoms with Gasteiger partial charge in [-0.2, -0.15) is 0 Å². The number of carbonyl (C=O) groups excluding carboxylic acids is 4. The van der Waals surface area contributed by atoms with E-state index in [1.54, 1.807) is 61.5 Å². The highest BCUT2D eigenvalue weighted by Gasteiger charge is 2.41. The van der Waals surface area contributed by atoms with Gasteiger partial charge in [-0.05, 0) is 67.3 Å². The van der Waals surface area contributed by atoms with Gasteiger partial charge in [0, 0.05) is 12.1 Å². The number of esters is 1. The molecular formula is C21H19N3O5S2. The quantitative estimate of drug-likeness (QED) is 0.503. The van der Waals surface area contributed by atoms with Crippen LogP contribution < -0.4 is 15.5 Å². The molecule has 3 rings (SSSR count). The number of imide groups is 1. The van der Waals surface area contributed by atoms with Gasteiger partial charge >= 0.3 is 5.97 Å². The second kappa shape index (κ2) is 10.2. The third kappa shape index (κ3) is 5.68. The third-order valence-electron chi connectivity index (χ3n) is 4.21. The molecule has 3 amide bonds. The molecule has 0 aliphatic carbocycles. The normalized spacial score (nSPS) is 15.5. The number of para-hydroxylation sites is 1. The number of nitrogens with one attached hydrogen (secondary N) is 2. The standard InChI is InChI=1S/C21H19N3O5S2/c1-2-29-19(27)13-8-10-14(11-9-13)22-20(30)23-17(25)12-16-18(26)24(21(28)31-16)15-6-4-3-5-7-15/h3-11,16H,2,12H2,1H3,(H2,22,23,25,30)/t16-/m0/s1. The Morgan fingerprint density at radius 3 is 2.42 bits per heavy atom. The molecule has 1 saturated heterocycles. The van der Waals surface area contributed by atoms with Crippen LogP contribution in [-0.2, 0) is 14.3 Å². The molecule has 1 heterocycles. The molecule has 2 aromatic rings. The lowest BCUT2D eigenvalue weighted by Gasteiger charge is -2.14. The zero-order chi connectivity index (χ0) is 22.4. The molecule has 2 aromatic carbocycles. The lowest BCUT2D eigenvalue weighted by Crippen LogP contribution is -2.38. The van der Waals surface area contributed by atoms with Crippen LogP contribution in [0.25, 0.3) is 0 Å². The number of carbonyl (C=O) groups is 4. The third-order valence-corrected chi connectivity index (χ3v) is 5.45. The van der Waals surface area contributed by atoms with Gasteiger partial charge in [0.15, 0.2) is 5.11 Å². The topological polar surface area (TPSA) is 105 Å². The molecule has 31 heavy (non-hydrogen) atoms. The molecule has 2 N–H and O–H groups in total. The molecule has 0 aromatic heterocycles. The largest absolute Gasteiger partial charge is 0.462 e. The first-order valence-electron chi connectivity index (χ1n) is 9.36. The fraction of sp³-hybridized carbons (Fsp3) is 0.190. The molecule has 8 nitrogen and oxygen atoms in total. The van der Waals surface area contributed by atoms with Crippen LogP contribution in [0.1, 0.15) is 23.7 Å². The molecule has 160 valence electrons. The summed E-state index contributed by atoms with van der Waals surface area (Å²) in [6.07, 6.45) is -0.192. The van der Waals surface area contributed by atoms with Gasteiger partial charge < -0.3 is 15.4 Å². The maximum atomic E-state index is 12.6. The number of thiocarbonyl (C=S) groups is 1. The summed E-state index contributed by atoms with van der Waals surface area (Å²) in [6.45, 7) is 2.01. The van der Waals surface area contributed by atoms with Gasteiger partial charge in [-0.15, -0.1) is 0 Å². The Hall–Kier alpha value is -3.24. The minimum Gasteiger partial charge on any atom is -0.462 e. The summed E-state index contributed by atoms with van der Waals surface area (Å²) in [5, 5.41) is 4.12. The summed E-state index contributed by atoms with van der Waals surface area (Å²) in [5.74, 6) is -1.36. The number of hydrogen-bond donors (Lipinski definition) is 2. The molecule has 0 unspecified atom stereocenters. The van der Waals surface area contributed by atoms with Crippen LogP contribution in [0.15, 0.2) is 54.6 Å². The molecule has 1 aliphatic heterocycles. The van der Waals surface area contributed by atoms with Crippen LogP contribution in [0, 0.1) is 0 Å². The van der Waals surface area contributed by atoms with Crippen molar-refractivity contribution < 1.29 is 23.9 Å². The van der Waals surface area contributed by atoms with E-state index in [9.17, 15) is 19.2 Å². The molecular weight excluding hydrogens is 438 g/mol. The van der Waals surface area contributed by atoms with Crippen LogP contribution in [0.3, 0.4) is 0 Å². The van der Waals surface area contributed by atoms with Crippen LogP contribution in [0.4, 0.5) is 16.2 Å². The molecule has 0 radical (unpaired) electrons. The lowest BCUT2D eigenvalue weighted by molar-refractivity contribution is -0.123. The van der Waals surface area contributed by atoms with Crippen molar-refractivity contribution in [2.45, 2.75) is 18.6 Å². The van der Waals surface area contributed by atoms with Gasteiger partial charge in [-0.25, -0.2) is 9.69 Å². The van der Waals surface area contributed by atoms with Crippen molar-refractivity contribution in [2.75, 3.05) is 16.8 Å². The van der Waals surface area contributed by atoms with Crippen molar-refractivity contribution in [2.24, 2.45) is 0 Å². The van der Waals surface area contributed by atoms with Crippen LogP contribution >= 0.6 is 24.0 Å². The first-order chi connectivity index (χ1) is 14.9. The molecule has 10 heteroatoms. The van der Waals surface area contributed by atoms with Crippen molar-refractivity contribution in [1.29, 1.82) is 0 Å². The van der Waals surface area contributed by atoms with Gasteiger partial charge in [-0.3, -0.25) is 14.4 Å². The second-order valence-corrected chi connectivity index (χ2v) is 7.95. The maximum absolute atomic E-state index is 12.6. The van der Waals surface area contributed by atoms with Gasteiger partial charge in [0.05, 0.1) is 17.9 Å². The van der Waals surface area contributed by atoms with Crippen molar-refractivity contribution in [1.82, 2.24) is 5.32 Å². The van der Waals surface area contributed by atoms with Crippen molar-refractivity contribution in [3.05, 3.63) is 60.2 Å². The van der Waals surface area contributed by atoms with Crippen LogP contribution in [-0.4, -0.2) is 40.0 Å². The number of hydrogen-bond acceptors (Lipinski definition) is 7. The number of amides is 3. The monoisotopic (exact) mass is 457 g/mol.